The van der Waals surface area contributed by atoms with Crippen molar-refractivity contribution >= 4 is 39.1 Å². The van der Waals surface area contributed by atoms with Gasteiger partial charge in [0.05, 0.1) is 5.02 Å². The van der Waals surface area contributed by atoms with Crippen molar-refractivity contribution in [3.05, 3.63) is 63.1 Å². The topological polar surface area (TPSA) is 20.3 Å². The molecule has 0 spiro atoms. The van der Waals surface area contributed by atoms with Crippen LogP contribution in [0.1, 0.15) is 22.8 Å². The molecule has 0 radical (unpaired) electrons. The molecule has 0 fully saturated rings. The molecule has 4 heteroatoms. The second kappa shape index (κ2) is 6.42. The molecule has 0 saturated heterocycles. The fraction of sp³-hybridized carbons (Fsp3) is 0.188. The zero-order chi connectivity index (χ0) is 14.7. The van der Waals surface area contributed by atoms with Gasteiger partial charge in [-0.3, -0.25) is 4.79 Å². The predicted molar refractivity (Wildman–Crippen MR) is 87.7 cm³/mol. The van der Waals surface area contributed by atoms with Crippen LogP contribution in [0.5, 0.6) is 0 Å². The van der Waals surface area contributed by atoms with Crippen LogP contribution < -0.4 is 4.90 Å². The predicted octanol–water partition coefficient (Wildman–Crippen LogP) is 5.08. The molecule has 0 aliphatic rings. The summed E-state index contributed by atoms with van der Waals surface area (Å²) in [6, 6.07) is 13.2. The largest absolute Gasteiger partial charge is 0.309 e. The standard InChI is InChI=1S/C16H15BrClNO/c1-3-19(13-6-4-5-11(2)9-13)16(20)12-7-8-14(17)15(18)10-12/h4-10H,3H2,1-2H3. The van der Waals surface area contributed by atoms with E-state index in [0.717, 1.165) is 15.7 Å². The van der Waals surface area contributed by atoms with E-state index in [4.69, 9.17) is 11.6 Å². The Morgan fingerprint density at radius 3 is 2.60 bits per heavy atom. The van der Waals surface area contributed by atoms with Crippen LogP contribution in [0.15, 0.2) is 46.9 Å². The molecule has 0 aromatic heterocycles. The quantitative estimate of drug-likeness (QED) is 0.754. The minimum Gasteiger partial charge on any atom is -0.309 e. The number of nitrogens with zero attached hydrogens (tertiary/aromatic N) is 1. The number of rotatable bonds is 3. The van der Waals surface area contributed by atoms with Crippen molar-refractivity contribution in [1.29, 1.82) is 0 Å². The van der Waals surface area contributed by atoms with Crippen LogP contribution in [-0.2, 0) is 0 Å². The first-order chi connectivity index (χ1) is 9.52. The molecule has 2 aromatic carbocycles. The van der Waals surface area contributed by atoms with Crippen LogP contribution in [0, 0.1) is 6.92 Å². The number of hydrogen-bond donors (Lipinski definition) is 0. The Bertz CT molecular complexity index is 642. The number of amides is 1. The minimum absolute atomic E-state index is 0.0486. The van der Waals surface area contributed by atoms with Crippen LogP contribution in [0.3, 0.4) is 0 Å². The average Bonchev–Trinajstić information content (AvgIpc) is 2.42. The van der Waals surface area contributed by atoms with Crippen molar-refractivity contribution in [2.24, 2.45) is 0 Å². The fourth-order valence-electron chi connectivity index (χ4n) is 2.02. The Kier molecular flexibility index (Phi) is 4.84. The molecule has 0 aliphatic carbocycles. The van der Waals surface area contributed by atoms with Crippen molar-refractivity contribution in [2.45, 2.75) is 13.8 Å². The first kappa shape index (κ1) is 15.1. The lowest BCUT2D eigenvalue weighted by Crippen LogP contribution is -2.30. The summed E-state index contributed by atoms with van der Waals surface area (Å²) in [7, 11) is 0. The van der Waals surface area contributed by atoms with Gasteiger partial charge >= 0.3 is 0 Å². The highest BCUT2D eigenvalue weighted by molar-refractivity contribution is 9.10. The number of carbonyl (C=O) groups is 1. The summed E-state index contributed by atoms with van der Waals surface area (Å²) in [5, 5.41) is 0.538. The molecule has 0 N–H and O–H groups in total. The molecule has 104 valence electrons. The summed E-state index contributed by atoms with van der Waals surface area (Å²) in [5.74, 6) is -0.0486. The summed E-state index contributed by atoms with van der Waals surface area (Å²) in [5.41, 5.74) is 2.61. The van der Waals surface area contributed by atoms with Gasteiger partial charge in [-0.15, -0.1) is 0 Å². The number of benzene rings is 2. The van der Waals surface area contributed by atoms with Gasteiger partial charge in [-0.2, -0.15) is 0 Å². The highest BCUT2D eigenvalue weighted by Crippen LogP contribution is 2.25. The van der Waals surface area contributed by atoms with E-state index in [0.29, 0.717) is 17.1 Å². The molecule has 0 heterocycles. The third kappa shape index (κ3) is 3.22. The Labute approximate surface area is 132 Å². The van der Waals surface area contributed by atoms with Gasteiger partial charge < -0.3 is 4.90 Å². The number of hydrogen-bond acceptors (Lipinski definition) is 1. The monoisotopic (exact) mass is 351 g/mol. The SMILES string of the molecule is CCN(C(=O)c1ccc(Br)c(Cl)c1)c1cccc(C)c1. The Morgan fingerprint density at radius 2 is 2.00 bits per heavy atom. The maximum absolute atomic E-state index is 12.6. The average molecular weight is 353 g/mol. The lowest BCUT2D eigenvalue weighted by atomic mass is 10.1. The second-order valence-corrected chi connectivity index (χ2v) is 5.78. The van der Waals surface area contributed by atoms with Gasteiger partial charge in [-0.1, -0.05) is 23.7 Å². The molecular formula is C16H15BrClNO. The van der Waals surface area contributed by atoms with Crippen LogP contribution in [0.25, 0.3) is 0 Å². The van der Waals surface area contributed by atoms with Crippen LogP contribution in [0.4, 0.5) is 5.69 Å². The number of anilines is 1. The van der Waals surface area contributed by atoms with Crippen molar-refractivity contribution in [2.75, 3.05) is 11.4 Å². The van der Waals surface area contributed by atoms with Gasteiger partial charge in [0, 0.05) is 22.3 Å². The van der Waals surface area contributed by atoms with E-state index in [9.17, 15) is 4.79 Å². The van der Waals surface area contributed by atoms with Crippen molar-refractivity contribution in [1.82, 2.24) is 0 Å². The maximum atomic E-state index is 12.6. The lowest BCUT2D eigenvalue weighted by Gasteiger charge is -2.21. The molecule has 0 bridgehead atoms. The summed E-state index contributed by atoms with van der Waals surface area (Å²) in [4.78, 5) is 14.3. The first-order valence-electron chi connectivity index (χ1n) is 6.36. The van der Waals surface area contributed by atoms with Crippen molar-refractivity contribution < 1.29 is 4.79 Å². The third-order valence-electron chi connectivity index (χ3n) is 3.04. The van der Waals surface area contributed by atoms with Gasteiger partial charge in [0.1, 0.15) is 0 Å². The normalized spacial score (nSPS) is 10.4. The Balaban J connectivity index is 2.36. The van der Waals surface area contributed by atoms with Crippen molar-refractivity contribution in [3.8, 4) is 0 Å². The zero-order valence-electron chi connectivity index (χ0n) is 11.4. The second-order valence-electron chi connectivity index (χ2n) is 4.52. The van der Waals surface area contributed by atoms with E-state index in [-0.39, 0.29) is 5.91 Å². The number of aryl methyl sites for hydroxylation is 1. The van der Waals surface area contributed by atoms with E-state index >= 15 is 0 Å². The van der Waals surface area contributed by atoms with E-state index < -0.39 is 0 Å². The molecule has 0 aliphatic heterocycles. The van der Waals surface area contributed by atoms with Crippen LogP contribution >= 0.6 is 27.5 Å². The molecule has 2 nitrogen and oxygen atoms in total. The van der Waals surface area contributed by atoms with Gasteiger partial charge in [0.2, 0.25) is 0 Å². The van der Waals surface area contributed by atoms with Gasteiger partial charge in [0.15, 0.2) is 0 Å². The Morgan fingerprint density at radius 1 is 1.25 bits per heavy atom. The molecule has 2 aromatic rings. The van der Waals surface area contributed by atoms with E-state index in [1.54, 1.807) is 23.1 Å². The number of carbonyl (C=O) groups excluding carboxylic acids is 1. The van der Waals surface area contributed by atoms with E-state index in [2.05, 4.69) is 15.9 Å². The first-order valence-corrected chi connectivity index (χ1v) is 7.53. The minimum atomic E-state index is -0.0486. The van der Waals surface area contributed by atoms with Crippen molar-refractivity contribution in [3.63, 3.8) is 0 Å². The molecular weight excluding hydrogens is 338 g/mol. The molecule has 0 unspecified atom stereocenters. The van der Waals surface area contributed by atoms with E-state index in [1.807, 2.05) is 38.1 Å². The molecule has 1 amide bonds. The number of halogens is 2. The smallest absolute Gasteiger partial charge is 0.258 e. The van der Waals surface area contributed by atoms with Gasteiger partial charge in [-0.25, -0.2) is 0 Å². The van der Waals surface area contributed by atoms with E-state index in [1.165, 1.54) is 0 Å². The maximum Gasteiger partial charge on any atom is 0.258 e. The fourth-order valence-corrected chi connectivity index (χ4v) is 2.45. The molecule has 0 atom stereocenters. The summed E-state index contributed by atoms with van der Waals surface area (Å²) < 4.78 is 0.786. The Hall–Kier alpha value is -1.32. The molecule has 0 saturated carbocycles. The lowest BCUT2D eigenvalue weighted by molar-refractivity contribution is 0.0988. The van der Waals surface area contributed by atoms with Crippen LogP contribution in [0.2, 0.25) is 5.02 Å². The highest BCUT2D eigenvalue weighted by Gasteiger charge is 2.17. The van der Waals surface area contributed by atoms with Gasteiger partial charge in [0.25, 0.3) is 5.91 Å². The molecule has 2 rings (SSSR count). The zero-order valence-corrected chi connectivity index (χ0v) is 13.7. The summed E-state index contributed by atoms with van der Waals surface area (Å²) in [6.07, 6.45) is 0. The summed E-state index contributed by atoms with van der Waals surface area (Å²) >= 11 is 9.39. The van der Waals surface area contributed by atoms with Gasteiger partial charge in [-0.05, 0) is 65.7 Å². The van der Waals surface area contributed by atoms with Crippen LogP contribution in [-0.4, -0.2) is 12.5 Å². The summed E-state index contributed by atoms with van der Waals surface area (Å²) in [6.45, 7) is 4.58. The highest BCUT2D eigenvalue weighted by atomic mass is 79.9. The third-order valence-corrected chi connectivity index (χ3v) is 4.27. The molecule has 20 heavy (non-hydrogen) atoms.